The number of nitrogens with zero attached hydrogens (tertiary/aromatic N) is 2. The zero-order valence-corrected chi connectivity index (χ0v) is 12.9. The van der Waals surface area contributed by atoms with Crippen molar-refractivity contribution >= 4 is 11.6 Å². The highest BCUT2D eigenvalue weighted by atomic mass is 15.0. The van der Waals surface area contributed by atoms with E-state index in [4.69, 9.17) is 5.73 Å². The predicted molar refractivity (Wildman–Crippen MR) is 82.1 cm³/mol. The van der Waals surface area contributed by atoms with E-state index in [1.54, 1.807) is 0 Å². The summed E-state index contributed by atoms with van der Waals surface area (Å²) in [5, 5.41) is 3.42. The summed E-state index contributed by atoms with van der Waals surface area (Å²) in [7, 11) is 0. The van der Waals surface area contributed by atoms with Gasteiger partial charge in [0.1, 0.15) is 17.5 Å². The number of aryl methyl sites for hydroxylation is 1. The molecule has 0 aliphatic carbocycles. The van der Waals surface area contributed by atoms with Crippen molar-refractivity contribution in [1.82, 2.24) is 9.97 Å². The largest absolute Gasteiger partial charge is 0.384 e. The molecule has 0 spiro atoms. The molecule has 3 N–H and O–H groups in total. The van der Waals surface area contributed by atoms with Crippen LogP contribution in [0.5, 0.6) is 0 Å². The number of aromatic nitrogens is 2. The molecular formula is C15H28N4. The monoisotopic (exact) mass is 264 g/mol. The van der Waals surface area contributed by atoms with Gasteiger partial charge < -0.3 is 11.1 Å². The molecule has 0 radical (unpaired) electrons. The van der Waals surface area contributed by atoms with Gasteiger partial charge in [-0.3, -0.25) is 0 Å². The van der Waals surface area contributed by atoms with Gasteiger partial charge in [0.05, 0.1) is 0 Å². The summed E-state index contributed by atoms with van der Waals surface area (Å²) in [5.41, 5.74) is 5.82. The molecule has 1 aromatic rings. The lowest BCUT2D eigenvalue weighted by atomic mass is 9.85. The smallest absolute Gasteiger partial charge is 0.133 e. The van der Waals surface area contributed by atoms with Gasteiger partial charge >= 0.3 is 0 Å². The van der Waals surface area contributed by atoms with Crippen molar-refractivity contribution in [2.75, 3.05) is 17.6 Å². The number of hydrogen-bond acceptors (Lipinski definition) is 4. The fraction of sp³-hybridized carbons (Fsp3) is 0.733. The third-order valence-electron chi connectivity index (χ3n) is 3.50. The Morgan fingerprint density at radius 2 is 1.79 bits per heavy atom. The number of anilines is 2. The average molecular weight is 264 g/mol. The highest BCUT2D eigenvalue weighted by molar-refractivity contribution is 5.44. The van der Waals surface area contributed by atoms with E-state index >= 15 is 0 Å². The Hall–Kier alpha value is -1.32. The summed E-state index contributed by atoms with van der Waals surface area (Å²) >= 11 is 0. The molecule has 0 aliphatic rings. The first-order valence-electron chi connectivity index (χ1n) is 7.31. The maximum absolute atomic E-state index is 5.82. The lowest BCUT2D eigenvalue weighted by Gasteiger charge is -2.25. The Balaban J connectivity index is 2.71. The van der Waals surface area contributed by atoms with Crippen molar-refractivity contribution in [3.05, 3.63) is 11.9 Å². The van der Waals surface area contributed by atoms with Gasteiger partial charge in [0.15, 0.2) is 0 Å². The molecule has 1 heterocycles. The molecule has 0 atom stereocenters. The van der Waals surface area contributed by atoms with Gasteiger partial charge in [0.25, 0.3) is 0 Å². The molecule has 108 valence electrons. The van der Waals surface area contributed by atoms with Crippen molar-refractivity contribution in [3.63, 3.8) is 0 Å². The number of hydrogen-bond donors (Lipinski definition) is 2. The molecule has 4 nitrogen and oxygen atoms in total. The maximum atomic E-state index is 5.82. The van der Waals surface area contributed by atoms with Crippen molar-refractivity contribution in [3.8, 4) is 0 Å². The van der Waals surface area contributed by atoms with Gasteiger partial charge in [-0.2, -0.15) is 0 Å². The number of rotatable bonds is 7. The van der Waals surface area contributed by atoms with E-state index < -0.39 is 0 Å². The van der Waals surface area contributed by atoms with Gasteiger partial charge in [0, 0.05) is 19.0 Å². The minimum Gasteiger partial charge on any atom is -0.384 e. The second kappa shape index (κ2) is 7.31. The molecule has 0 saturated heterocycles. The van der Waals surface area contributed by atoms with Crippen LogP contribution in [0.3, 0.4) is 0 Å². The van der Waals surface area contributed by atoms with E-state index in [0.29, 0.717) is 23.6 Å². The minimum atomic E-state index is 0.548. The highest BCUT2D eigenvalue weighted by Gasteiger charge is 2.17. The normalized spacial score (nSPS) is 11.6. The van der Waals surface area contributed by atoms with Gasteiger partial charge in [-0.05, 0) is 24.2 Å². The van der Waals surface area contributed by atoms with Crippen LogP contribution >= 0.6 is 0 Å². The van der Waals surface area contributed by atoms with Crippen LogP contribution < -0.4 is 11.1 Å². The molecule has 1 aromatic heterocycles. The van der Waals surface area contributed by atoms with Crippen LogP contribution in [0.15, 0.2) is 6.07 Å². The van der Waals surface area contributed by atoms with Crippen LogP contribution in [0.2, 0.25) is 0 Å². The molecule has 0 saturated carbocycles. The molecule has 4 heteroatoms. The van der Waals surface area contributed by atoms with Crippen LogP contribution in [0, 0.1) is 17.8 Å². The molecule has 0 bridgehead atoms. The zero-order chi connectivity index (χ0) is 14.4. The van der Waals surface area contributed by atoms with E-state index in [-0.39, 0.29) is 0 Å². The summed E-state index contributed by atoms with van der Waals surface area (Å²) in [6.45, 7) is 12.1. The molecule has 0 fully saturated rings. The molecule has 0 aromatic carbocycles. The van der Waals surface area contributed by atoms with Crippen LogP contribution in [0.4, 0.5) is 11.6 Å². The van der Waals surface area contributed by atoms with Crippen LogP contribution in [-0.4, -0.2) is 16.5 Å². The van der Waals surface area contributed by atoms with Crippen molar-refractivity contribution in [2.45, 2.75) is 47.5 Å². The Kier molecular flexibility index (Phi) is 6.06. The molecule has 0 unspecified atom stereocenters. The second-order valence-electron chi connectivity index (χ2n) is 5.88. The standard InChI is InChI=1S/C15H28N4/c1-6-7-14-18-13(16)8-15(19-14)17-9-12(10(2)3)11(4)5/h8,10-12H,6-7,9H2,1-5H3,(H3,16,17,18,19). The molecule has 0 amide bonds. The Labute approximate surface area is 117 Å². The third kappa shape index (κ3) is 5.05. The topological polar surface area (TPSA) is 63.8 Å². The summed E-state index contributed by atoms with van der Waals surface area (Å²) in [4.78, 5) is 8.76. The lowest BCUT2D eigenvalue weighted by Crippen LogP contribution is -2.25. The number of nitrogens with one attached hydrogen (secondary N) is 1. The Morgan fingerprint density at radius 1 is 1.16 bits per heavy atom. The number of nitrogen functional groups attached to an aromatic ring is 1. The van der Waals surface area contributed by atoms with Crippen LogP contribution in [0.25, 0.3) is 0 Å². The van der Waals surface area contributed by atoms with Gasteiger partial charge in [-0.25, -0.2) is 9.97 Å². The van der Waals surface area contributed by atoms with Crippen LogP contribution in [-0.2, 0) is 6.42 Å². The zero-order valence-electron chi connectivity index (χ0n) is 12.9. The summed E-state index contributed by atoms with van der Waals surface area (Å²) in [5.74, 6) is 4.17. The predicted octanol–water partition coefficient (Wildman–Crippen LogP) is 3.35. The molecular weight excluding hydrogens is 236 g/mol. The minimum absolute atomic E-state index is 0.548. The van der Waals surface area contributed by atoms with Gasteiger partial charge in [-0.15, -0.1) is 0 Å². The van der Waals surface area contributed by atoms with E-state index in [2.05, 4.69) is 49.9 Å². The maximum Gasteiger partial charge on any atom is 0.133 e. The van der Waals surface area contributed by atoms with E-state index in [1.165, 1.54) is 0 Å². The fourth-order valence-electron chi connectivity index (χ4n) is 2.41. The van der Waals surface area contributed by atoms with Gasteiger partial charge in [-0.1, -0.05) is 34.6 Å². The summed E-state index contributed by atoms with van der Waals surface area (Å²) in [6, 6.07) is 1.82. The first kappa shape index (κ1) is 15.7. The van der Waals surface area contributed by atoms with Crippen LogP contribution in [0.1, 0.15) is 46.9 Å². The second-order valence-corrected chi connectivity index (χ2v) is 5.88. The Bertz CT molecular complexity index is 380. The summed E-state index contributed by atoms with van der Waals surface area (Å²) in [6.07, 6.45) is 1.90. The quantitative estimate of drug-likeness (QED) is 0.792. The molecule has 0 aliphatic heterocycles. The van der Waals surface area contributed by atoms with Gasteiger partial charge in [0.2, 0.25) is 0 Å². The summed E-state index contributed by atoms with van der Waals surface area (Å²) < 4.78 is 0. The first-order chi connectivity index (χ1) is 8.93. The van der Waals surface area contributed by atoms with E-state index in [9.17, 15) is 0 Å². The molecule has 1 rings (SSSR count). The van der Waals surface area contributed by atoms with E-state index in [0.717, 1.165) is 31.0 Å². The Morgan fingerprint density at radius 3 is 2.32 bits per heavy atom. The highest BCUT2D eigenvalue weighted by Crippen LogP contribution is 2.21. The average Bonchev–Trinajstić information content (AvgIpc) is 2.27. The SMILES string of the molecule is CCCc1nc(N)cc(NCC(C(C)C)C(C)C)n1. The van der Waals surface area contributed by atoms with Crippen molar-refractivity contribution < 1.29 is 0 Å². The third-order valence-corrected chi connectivity index (χ3v) is 3.50. The number of nitrogens with two attached hydrogens (primary N) is 1. The van der Waals surface area contributed by atoms with Crippen molar-refractivity contribution in [1.29, 1.82) is 0 Å². The molecule has 19 heavy (non-hydrogen) atoms. The fourth-order valence-corrected chi connectivity index (χ4v) is 2.41. The first-order valence-corrected chi connectivity index (χ1v) is 7.31. The van der Waals surface area contributed by atoms with Crippen molar-refractivity contribution in [2.24, 2.45) is 17.8 Å². The lowest BCUT2D eigenvalue weighted by molar-refractivity contribution is 0.304. The van der Waals surface area contributed by atoms with E-state index in [1.807, 2.05) is 6.07 Å².